The number of sulfonamides is 1. The minimum absolute atomic E-state index is 0.00887. The molecule has 18 heavy (non-hydrogen) atoms. The van der Waals surface area contributed by atoms with Crippen LogP contribution in [0.1, 0.15) is 19.3 Å². The second-order valence-corrected chi connectivity index (χ2v) is 9.66. The fourth-order valence-corrected chi connectivity index (χ4v) is 6.42. The summed E-state index contributed by atoms with van der Waals surface area (Å²) in [7, 11) is -6.36. The molecule has 6 nitrogen and oxygen atoms in total. The van der Waals surface area contributed by atoms with Crippen molar-refractivity contribution < 1.29 is 16.8 Å². The molecule has 0 aromatic heterocycles. The molecule has 2 N–H and O–H groups in total. The number of hydrogen-bond donors (Lipinski definition) is 1. The van der Waals surface area contributed by atoms with E-state index in [4.69, 9.17) is 5.73 Å². The lowest BCUT2D eigenvalue weighted by Gasteiger charge is -2.27. The number of nitrogens with two attached hydrogens (primary N) is 1. The fourth-order valence-electron chi connectivity index (χ4n) is 2.60. The molecule has 1 atom stereocenters. The zero-order valence-corrected chi connectivity index (χ0v) is 11.9. The van der Waals surface area contributed by atoms with Gasteiger partial charge in [0.15, 0.2) is 0 Å². The van der Waals surface area contributed by atoms with Crippen molar-refractivity contribution in [2.45, 2.75) is 24.5 Å². The quantitative estimate of drug-likeness (QED) is 0.733. The summed E-state index contributed by atoms with van der Waals surface area (Å²) in [6, 6.07) is 0. The highest BCUT2D eigenvalue weighted by Gasteiger charge is 2.39. The summed E-state index contributed by atoms with van der Waals surface area (Å²) in [5, 5.41) is -0.530. The minimum Gasteiger partial charge on any atom is -0.330 e. The van der Waals surface area contributed by atoms with Gasteiger partial charge in [0.05, 0.1) is 16.8 Å². The molecule has 0 radical (unpaired) electrons. The van der Waals surface area contributed by atoms with Gasteiger partial charge in [-0.1, -0.05) is 0 Å². The van der Waals surface area contributed by atoms with Gasteiger partial charge in [-0.25, -0.2) is 21.1 Å². The van der Waals surface area contributed by atoms with Gasteiger partial charge in [-0.05, 0) is 31.7 Å². The fraction of sp³-hybridized carbons (Fsp3) is 1.00. The van der Waals surface area contributed by atoms with Crippen LogP contribution in [0.4, 0.5) is 0 Å². The molecule has 0 saturated carbocycles. The first kappa shape index (κ1) is 14.2. The van der Waals surface area contributed by atoms with Crippen LogP contribution >= 0.6 is 0 Å². The standard InChI is InChI=1S/C10H20N2O4S2/c11-7-9-1-4-12(8-9)18(15,16)10-2-5-17(13,14)6-3-10/h9-10H,1-8,11H2. The molecular weight excluding hydrogens is 276 g/mol. The van der Waals surface area contributed by atoms with E-state index in [1.165, 1.54) is 4.31 Å². The Labute approximate surface area is 108 Å². The molecule has 2 heterocycles. The van der Waals surface area contributed by atoms with Gasteiger partial charge in [0.25, 0.3) is 0 Å². The van der Waals surface area contributed by atoms with Crippen LogP contribution in [-0.2, 0) is 19.9 Å². The second-order valence-electron chi connectivity index (χ2n) is 5.14. The smallest absolute Gasteiger partial charge is 0.217 e. The van der Waals surface area contributed by atoms with Crippen molar-refractivity contribution in [1.29, 1.82) is 0 Å². The largest absolute Gasteiger partial charge is 0.330 e. The van der Waals surface area contributed by atoms with Crippen LogP contribution in [0.3, 0.4) is 0 Å². The predicted molar refractivity (Wildman–Crippen MR) is 69.3 cm³/mol. The van der Waals surface area contributed by atoms with Crippen LogP contribution < -0.4 is 5.73 Å². The Balaban J connectivity index is 2.04. The number of nitrogens with zero attached hydrogens (tertiary/aromatic N) is 1. The molecule has 2 rings (SSSR count). The lowest BCUT2D eigenvalue weighted by Crippen LogP contribution is -2.41. The third-order valence-electron chi connectivity index (χ3n) is 3.86. The Morgan fingerprint density at radius 2 is 1.78 bits per heavy atom. The van der Waals surface area contributed by atoms with Crippen molar-refractivity contribution in [1.82, 2.24) is 4.31 Å². The van der Waals surface area contributed by atoms with Crippen LogP contribution in [0, 0.1) is 5.92 Å². The molecule has 1 unspecified atom stereocenters. The van der Waals surface area contributed by atoms with Gasteiger partial charge in [0.1, 0.15) is 9.84 Å². The van der Waals surface area contributed by atoms with Crippen LogP contribution in [0.15, 0.2) is 0 Å². The van der Waals surface area contributed by atoms with Crippen LogP contribution in [-0.4, -0.2) is 57.5 Å². The highest BCUT2D eigenvalue weighted by atomic mass is 32.2. The Morgan fingerprint density at radius 3 is 2.28 bits per heavy atom. The maximum absolute atomic E-state index is 12.4. The van der Waals surface area contributed by atoms with Gasteiger partial charge < -0.3 is 5.73 Å². The van der Waals surface area contributed by atoms with Crippen LogP contribution in [0.2, 0.25) is 0 Å². The molecule has 2 saturated heterocycles. The average molecular weight is 296 g/mol. The molecule has 106 valence electrons. The summed E-state index contributed by atoms with van der Waals surface area (Å²) < 4.78 is 48.8. The van der Waals surface area contributed by atoms with Crippen molar-refractivity contribution in [2.75, 3.05) is 31.1 Å². The molecule has 0 aliphatic carbocycles. The molecule has 0 aromatic rings. The van der Waals surface area contributed by atoms with E-state index < -0.39 is 25.1 Å². The molecule has 2 aliphatic heterocycles. The van der Waals surface area contributed by atoms with Crippen molar-refractivity contribution in [3.8, 4) is 0 Å². The Bertz CT molecular complexity index is 486. The van der Waals surface area contributed by atoms with Gasteiger partial charge >= 0.3 is 0 Å². The van der Waals surface area contributed by atoms with Gasteiger partial charge in [-0.2, -0.15) is 0 Å². The lowest BCUT2D eigenvalue weighted by molar-refractivity contribution is 0.443. The Hall–Kier alpha value is -0.180. The molecule has 0 aromatic carbocycles. The first-order valence-electron chi connectivity index (χ1n) is 6.24. The monoisotopic (exact) mass is 296 g/mol. The third kappa shape index (κ3) is 2.87. The minimum atomic E-state index is -3.34. The van der Waals surface area contributed by atoms with Crippen molar-refractivity contribution >= 4 is 19.9 Å². The van der Waals surface area contributed by atoms with E-state index in [-0.39, 0.29) is 30.3 Å². The summed E-state index contributed by atoms with van der Waals surface area (Å²) >= 11 is 0. The van der Waals surface area contributed by atoms with E-state index >= 15 is 0 Å². The molecule has 2 aliphatic rings. The van der Waals surface area contributed by atoms with E-state index in [9.17, 15) is 16.8 Å². The van der Waals surface area contributed by atoms with Crippen molar-refractivity contribution in [3.63, 3.8) is 0 Å². The topological polar surface area (TPSA) is 97.5 Å². The molecule has 0 bridgehead atoms. The summed E-state index contributed by atoms with van der Waals surface area (Å²) in [6.07, 6.45) is 1.27. The zero-order valence-electron chi connectivity index (χ0n) is 10.3. The maximum Gasteiger partial charge on any atom is 0.217 e. The summed E-state index contributed by atoms with van der Waals surface area (Å²) in [4.78, 5) is 0. The normalized spacial score (nSPS) is 30.6. The second kappa shape index (κ2) is 5.07. The molecule has 8 heteroatoms. The number of sulfone groups is 1. The SMILES string of the molecule is NCC1CCN(S(=O)(=O)C2CCS(=O)(=O)CC2)C1. The Kier molecular flexibility index (Phi) is 4.01. The third-order valence-corrected chi connectivity index (χ3v) is 7.95. The number of rotatable bonds is 3. The van der Waals surface area contributed by atoms with Crippen LogP contribution in [0.25, 0.3) is 0 Å². The molecular formula is C10H20N2O4S2. The first-order valence-corrected chi connectivity index (χ1v) is 9.57. The Morgan fingerprint density at radius 1 is 1.17 bits per heavy atom. The number of hydrogen-bond acceptors (Lipinski definition) is 5. The predicted octanol–water partition coefficient (Wildman–Crippen LogP) is -0.826. The maximum atomic E-state index is 12.4. The summed E-state index contributed by atoms with van der Waals surface area (Å²) in [6.45, 7) is 1.51. The van der Waals surface area contributed by atoms with E-state index in [1.807, 2.05) is 0 Å². The van der Waals surface area contributed by atoms with Crippen molar-refractivity contribution in [3.05, 3.63) is 0 Å². The summed E-state index contributed by atoms with van der Waals surface area (Å²) in [5.41, 5.74) is 5.55. The molecule has 2 fully saturated rings. The molecule has 0 spiro atoms. The molecule has 0 amide bonds. The first-order chi connectivity index (χ1) is 8.35. The van der Waals surface area contributed by atoms with Gasteiger partial charge in [0.2, 0.25) is 10.0 Å². The highest BCUT2D eigenvalue weighted by Crippen LogP contribution is 2.26. The van der Waals surface area contributed by atoms with E-state index in [2.05, 4.69) is 0 Å². The van der Waals surface area contributed by atoms with Gasteiger partial charge in [0, 0.05) is 13.1 Å². The van der Waals surface area contributed by atoms with Crippen LogP contribution in [0.5, 0.6) is 0 Å². The van der Waals surface area contributed by atoms with Gasteiger partial charge in [-0.15, -0.1) is 0 Å². The lowest BCUT2D eigenvalue weighted by atomic mass is 10.1. The van der Waals surface area contributed by atoms with Crippen molar-refractivity contribution in [2.24, 2.45) is 11.7 Å². The zero-order chi connectivity index (χ0) is 13.4. The average Bonchev–Trinajstić information content (AvgIpc) is 2.77. The summed E-state index contributed by atoms with van der Waals surface area (Å²) in [5.74, 6) is 0.225. The van der Waals surface area contributed by atoms with E-state index in [0.29, 0.717) is 19.6 Å². The van der Waals surface area contributed by atoms with E-state index in [1.54, 1.807) is 0 Å². The van der Waals surface area contributed by atoms with E-state index in [0.717, 1.165) is 6.42 Å². The highest BCUT2D eigenvalue weighted by molar-refractivity contribution is 7.92. The van der Waals surface area contributed by atoms with Gasteiger partial charge in [-0.3, -0.25) is 0 Å².